The number of carbonyl (C=O) groups is 2. The number of carbonyl (C=O) groups excluding carboxylic acids is 2. The monoisotopic (exact) mass is 393 g/mol. The third kappa shape index (κ3) is 4.85. The van der Waals surface area contributed by atoms with Gasteiger partial charge < -0.3 is 16.0 Å². The van der Waals surface area contributed by atoms with Crippen molar-refractivity contribution in [2.45, 2.75) is 32.7 Å². The minimum Gasteiger partial charge on any atom is -0.383 e. The number of aromatic nitrogens is 2. The molecule has 2 aromatic rings. The third-order valence-electron chi connectivity index (χ3n) is 4.03. The molecule has 2 rings (SSSR count). The van der Waals surface area contributed by atoms with E-state index in [0.717, 1.165) is 11.3 Å². The molecule has 0 atom stereocenters. The fraction of sp³-hybridized carbons (Fsp3) is 0.412. The van der Waals surface area contributed by atoms with Crippen LogP contribution in [0.3, 0.4) is 0 Å². The number of nitrogens with two attached hydrogens (primary N) is 1. The highest BCUT2D eigenvalue weighted by atomic mass is 32.1. The fourth-order valence-electron chi connectivity index (χ4n) is 2.51. The Kier molecular flexibility index (Phi) is 6.94. The summed E-state index contributed by atoms with van der Waals surface area (Å²) in [5.41, 5.74) is 4.60. The van der Waals surface area contributed by atoms with E-state index in [2.05, 4.69) is 10.3 Å². The quantitative estimate of drug-likeness (QED) is 0.610. The minimum absolute atomic E-state index is 0.0133. The molecule has 0 fully saturated rings. The molecule has 0 aliphatic carbocycles. The first-order chi connectivity index (χ1) is 12.9. The van der Waals surface area contributed by atoms with Crippen molar-refractivity contribution in [1.29, 1.82) is 0 Å². The van der Waals surface area contributed by atoms with E-state index in [4.69, 9.17) is 5.73 Å². The number of thiophene rings is 1. The Bertz CT molecular complexity index is 916. The Labute approximate surface area is 159 Å². The standard InChI is InChI=1S/C17H23N5O4S/c1-3-4-9-22-14(18)13(16(25)20-17(22)26)21(2)12(23)7-8-19-15(24)11-6-5-10-27-11/h5-6,10H,3-4,7-9,18H2,1-2H3,(H,19,24)(H,20,25,26). The summed E-state index contributed by atoms with van der Waals surface area (Å²) in [5, 5.41) is 4.44. The van der Waals surface area contributed by atoms with Crippen molar-refractivity contribution < 1.29 is 9.59 Å². The number of rotatable bonds is 8. The summed E-state index contributed by atoms with van der Waals surface area (Å²) in [4.78, 5) is 52.3. The van der Waals surface area contributed by atoms with Crippen LogP contribution in [-0.2, 0) is 11.3 Å². The van der Waals surface area contributed by atoms with Gasteiger partial charge in [-0.2, -0.15) is 0 Å². The summed E-state index contributed by atoms with van der Waals surface area (Å²) in [5.74, 6) is -0.707. The first-order valence-electron chi connectivity index (χ1n) is 8.57. The van der Waals surface area contributed by atoms with Crippen molar-refractivity contribution in [3.05, 3.63) is 43.2 Å². The van der Waals surface area contributed by atoms with Gasteiger partial charge in [0.1, 0.15) is 5.82 Å². The second kappa shape index (κ2) is 9.17. The van der Waals surface area contributed by atoms with E-state index in [-0.39, 0.29) is 30.4 Å². The molecule has 0 saturated heterocycles. The van der Waals surface area contributed by atoms with Crippen molar-refractivity contribution in [3.8, 4) is 0 Å². The van der Waals surface area contributed by atoms with Gasteiger partial charge >= 0.3 is 5.69 Å². The minimum atomic E-state index is -0.719. The molecule has 4 N–H and O–H groups in total. The molecular formula is C17H23N5O4S. The molecule has 0 spiro atoms. The van der Waals surface area contributed by atoms with Crippen LogP contribution in [0.1, 0.15) is 35.9 Å². The van der Waals surface area contributed by atoms with Crippen LogP contribution in [0.4, 0.5) is 11.5 Å². The molecule has 27 heavy (non-hydrogen) atoms. The van der Waals surface area contributed by atoms with Gasteiger partial charge in [0, 0.05) is 26.6 Å². The fourth-order valence-corrected chi connectivity index (χ4v) is 3.15. The summed E-state index contributed by atoms with van der Waals surface area (Å²) in [6.07, 6.45) is 1.54. The van der Waals surface area contributed by atoms with Gasteiger partial charge in [-0.3, -0.25) is 23.9 Å². The zero-order chi connectivity index (χ0) is 20.0. The van der Waals surface area contributed by atoms with E-state index < -0.39 is 17.2 Å². The van der Waals surface area contributed by atoms with Crippen LogP contribution in [0.5, 0.6) is 0 Å². The lowest BCUT2D eigenvalue weighted by molar-refractivity contribution is -0.118. The highest BCUT2D eigenvalue weighted by Crippen LogP contribution is 2.16. The first-order valence-corrected chi connectivity index (χ1v) is 9.45. The number of unbranched alkanes of at least 4 members (excludes halogenated alkanes) is 1. The largest absolute Gasteiger partial charge is 0.383 e. The molecular weight excluding hydrogens is 370 g/mol. The average molecular weight is 393 g/mol. The number of nitrogen functional groups attached to an aromatic ring is 1. The van der Waals surface area contributed by atoms with Gasteiger partial charge in [-0.1, -0.05) is 19.4 Å². The summed E-state index contributed by atoms with van der Waals surface area (Å²) >= 11 is 1.30. The van der Waals surface area contributed by atoms with E-state index >= 15 is 0 Å². The maximum Gasteiger partial charge on any atom is 0.330 e. The van der Waals surface area contributed by atoms with Crippen LogP contribution in [0.25, 0.3) is 0 Å². The second-order valence-corrected chi connectivity index (χ2v) is 6.88. The smallest absolute Gasteiger partial charge is 0.330 e. The number of hydrogen-bond acceptors (Lipinski definition) is 6. The van der Waals surface area contributed by atoms with Crippen LogP contribution in [0, 0.1) is 0 Å². The lowest BCUT2D eigenvalue weighted by atomic mass is 10.3. The van der Waals surface area contributed by atoms with E-state index in [1.54, 1.807) is 17.5 Å². The van der Waals surface area contributed by atoms with Gasteiger partial charge in [-0.05, 0) is 17.9 Å². The predicted molar refractivity (Wildman–Crippen MR) is 105 cm³/mol. The molecule has 0 bridgehead atoms. The highest BCUT2D eigenvalue weighted by molar-refractivity contribution is 7.12. The number of aromatic amines is 1. The Morgan fingerprint density at radius 2 is 2.11 bits per heavy atom. The lowest BCUT2D eigenvalue weighted by Gasteiger charge is -2.20. The predicted octanol–water partition coefficient (Wildman–Crippen LogP) is 0.763. The molecule has 2 heterocycles. The van der Waals surface area contributed by atoms with Gasteiger partial charge in [0.15, 0.2) is 5.69 Å². The summed E-state index contributed by atoms with van der Waals surface area (Å²) < 4.78 is 1.25. The molecule has 2 aromatic heterocycles. The molecule has 0 radical (unpaired) electrons. The van der Waals surface area contributed by atoms with Gasteiger partial charge in [0.2, 0.25) is 5.91 Å². The highest BCUT2D eigenvalue weighted by Gasteiger charge is 2.20. The maximum atomic E-state index is 12.4. The van der Waals surface area contributed by atoms with Crippen molar-refractivity contribution in [1.82, 2.24) is 14.9 Å². The summed E-state index contributed by atoms with van der Waals surface area (Å²) in [7, 11) is 1.42. The van der Waals surface area contributed by atoms with Crippen LogP contribution < -0.4 is 27.2 Å². The Balaban J connectivity index is 2.08. The van der Waals surface area contributed by atoms with Crippen LogP contribution in [0.15, 0.2) is 27.1 Å². The first kappa shape index (κ1) is 20.4. The summed E-state index contributed by atoms with van der Waals surface area (Å²) in [6.45, 7) is 2.44. The maximum absolute atomic E-state index is 12.4. The number of H-pyrrole nitrogens is 1. The van der Waals surface area contributed by atoms with Gasteiger partial charge in [-0.15, -0.1) is 11.3 Å². The third-order valence-corrected chi connectivity index (χ3v) is 4.90. The molecule has 0 unspecified atom stereocenters. The lowest BCUT2D eigenvalue weighted by Crippen LogP contribution is -2.40. The SMILES string of the molecule is CCCCn1c(N)c(N(C)C(=O)CCNC(=O)c2cccs2)c(=O)[nH]c1=O. The van der Waals surface area contributed by atoms with Crippen LogP contribution in [0.2, 0.25) is 0 Å². The average Bonchev–Trinajstić information content (AvgIpc) is 3.15. The number of anilines is 2. The molecule has 0 aliphatic heterocycles. The number of hydrogen-bond donors (Lipinski definition) is 3. The van der Waals surface area contributed by atoms with Gasteiger partial charge in [-0.25, -0.2) is 4.79 Å². The summed E-state index contributed by atoms with van der Waals surface area (Å²) in [6, 6.07) is 3.45. The zero-order valence-electron chi connectivity index (χ0n) is 15.3. The second-order valence-electron chi connectivity index (χ2n) is 5.93. The Hall–Kier alpha value is -2.88. The van der Waals surface area contributed by atoms with E-state index in [0.29, 0.717) is 17.8 Å². The Morgan fingerprint density at radius 1 is 1.37 bits per heavy atom. The van der Waals surface area contributed by atoms with Crippen molar-refractivity contribution in [3.63, 3.8) is 0 Å². The molecule has 146 valence electrons. The molecule has 10 heteroatoms. The normalized spacial score (nSPS) is 10.6. The number of nitrogens with zero attached hydrogens (tertiary/aromatic N) is 2. The molecule has 0 aliphatic rings. The number of amides is 2. The van der Waals surface area contributed by atoms with Crippen molar-refractivity contribution >= 4 is 34.7 Å². The van der Waals surface area contributed by atoms with E-state index in [1.165, 1.54) is 23.0 Å². The molecule has 0 aromatic carbocycles. The zero-order valence-corrected chi connectivity index (χ0v) is 16.1. The van der Waals surface area contributed by atoms with E-state index in [1.807, 2.05) is 6.92 Å². The van der Waals surface area contributed by atoms with Crippen LogP contribution >= 0.6 is 11.3 Å². The van der Waals surface area contributed by atoms with Gasteiger partial charge in [0.05, 0.1) is 4.88 Å². The topological polar surface area (TPSA) is 130 Å². The Morgan fingerprint density at radius 3 is 2.74 bits per heavy atom. The molecule has 2 amide bonds. The van der Waals surface area contributed by atoms with Gasteiger partial charge in [0.25, 0.3) is 11.5 Å². The van der Waals surface area contributed by atoms with Crippen LogP contribution in [-0.4, -0.2) is 35.0 Å². The molecule has 0 saturated carbocycles. The molecule has 9 nitrogen and oxygen atoms in total. The van der Waals surface area contributed by atoms with Crippen molar-refractivity contribution in [2.75, 3.05) is 24.2 Å². The van der Waals surface area contributed by atoms with Crippen molar-refractivity contribution in [2.24, 2.45) is 0 Å². The number of nitrogens with one attached hydrogen (secondary N) is 2. The van der Waals surface area contributed by atoms with E-state index in [9.17, 15) is 19.2 Å².